The summed E-state index contributed by atoms with van der Waals surface area (Å²) in [5.41, 5.74) is 0.829. The van der Waals surface area contributed by atoms with E-state index in [1.807, 2.05) is 13.8 Å². The first-order valence-corrected chi connectivity index (χ1v) is 6.10. The van der Waals surface area contributed by atoms with Crippen molar-refractivity contribution in [2.75, 3.05) is 5.75 Å². The van der Waals surface area contributed by atoms with Gasteiger partial charge in [-0.1, -0.05) is 6.92 Å². The van der Waals surface area contributed by atoms with Gasteiger partial charge in [0, 0.05) is 5.75 Å². The Balaban J connectivity index is 2.18. The van der Waals surface area contributed by atoms with Crippen LogP contribution in [0.3, 0.4) is 0 Å². The molecule has 16 heavy (non-hydrogen) atoms. The molecule has 5 nitrogen and oxygen atoms in total. The summed E-state index contributed by atoms with van der Waals surface area (Å²) in [7, 11) is 0. The van der Waals surface area contributed by atoms with Gasteiger partial charge in [-0.05, 0) is 13.3 Å². The number of aromatic nitrogens is 4. The normalized spacial score (nSPS) is 15.2. The second-order valence-electron chi connectivity index (χ2n) is 3.92. The highest BCUT2D eigenvalue weighted by Crippen LogP contribution is 2.26. The van der Waals surface area contributed by atoms with E-state index in [4.69, 9.17) is 0 Å². The summed E-state index contributed by atoms with van der Waals surface area (Å²) in [4.78, 5) is 15.3. The molecule has 0 aliphatic rings. The van der Waals surface area contributed by atoms with Crippen molar-refractivity contribution >= 4 is 22.9 Å². The van der Waals surface area contributed by atoms with Gasteiger partial charge in [0.25, 0.3) is 0 Å². The van der Waals surface area contributed by atoms with Crippen molar-refractivity contribution in [2.24, 2.45) is 0 Å². The Morgan fingerprint density at radius 1 is 1.44 bits per heavy atom. The van der Waals surface area contributed by atoms with Gasteiger partial charge in [0.1, 0.15) is 16.9 Å². The van der Waals surface area contributed by atoms with Crippen LogP contribution in [0.15, 0.2) is 17.7 Å². The first-order chi connectivity index (χ1) is 7.62. The molecule has 0 aliphatic heterocycles. The maximum atomic E-state index is 9.92. The van der Waals surface area contributed by atoms with Crippen molar-refractivity contribution in [1.29, 1.82) is 0 Å². The number of nitrogens with zero attached hydrogens (tertiary/aromatic N) is 3. The van der Waals surface area contributed by atoms with Gasteiger partial charge in [-0.15, -0.1) is 11.8 Å². The average Bonchev–Trinajstić information content (AvgIpc) is 2.75. The minimum Gasteiger partial charge on any atom is -0.389 e. The fourth-order valence-electron chi connectivity index (χ4n) is 1.18. The summed E-state index contributed by atoms with van der Waals surface area (Å²) in [6.45, 7) is 3.79. The van der Waals surface area contributed by atoms with Gasteiger partial charge in [-0.3, -0.25) is 0 Å². The van der Waals surface area contributed by atoms with Crippen LogP contribution in [-0.2, 0) is 0 Å². The number of fused-ring (bicyclic) bond motifs is 1. The van der Waals surface area contributed by atoms with Gasteiger partial charge in [0.05, 0.1) is 11.9 Å². The van der Waals surface area contributed by atoms with Crippen molar-refractivity contribution < 1.29 is 5.11 Å². The Hall–Kier alpha value is -1.14. The van der Waals surface area contributed by atoms with Gasteiger partial charge < -0.3 is 10.1 Å². The molecule has 86 valence electrons. The first-order valence-electron chi connectivity index (χ1n) is 5.11. The van der Waals surface area contributed by atoms with Crippen LogP contribution in [0.4, 0.5) is 0 Å². The predicted octanol–water partition coefficient (Wildman–Crippen LogP) is 1.61. The number of rotatable bonds is 4. The maximum Gasteiger partial charge on any atom is 0.181 e. The highest BCUT2D eigenvalue weighted by molar-refractivity contribution is 7.99. The minimum atomic E-state index is -0.665. The van der Waals surface area contributed by atoms with E-state index >= 15 is 0 Å². The maximum absolute atomic E-state index is 9.92. The first kappa shape index (κ1) is 11.3. The zero-order valence-corrected chi connectivity index (χ0v) is 10.1. The summed E-state index contributed by atoms with van der Waals surface area (Å²) in [6, 6.07) is 0. The summed E-state index contributed by atoms with van der Waals surface area (Å²) in [5, 5.41) is 10.7. The van der Waals surface area contributed by atoms with Crippen LogP contribution in [0.1, 0.15) is 20.3 Å². The molecule has 1 unspecified atom stereocenters. The van der Waals surface area contributed by atoms with Crippen LogP contribution in [0, 0.1) is 0 Å². The number of nitrogens with one attached hydrogen (secondary N) is 1. The van der Waals surface area contributed by atoms with Crippen LogP contribution in [0.25, 0.3) is 11.2 Å². The zero-order valence-electron chi connectivity index (χ0n) is 9.27. The van der Waals surface area contributed by atoms with Crippen LogP contribution < -0.4 is 0 Å². The van der Waals surface area contributed by atoms with Crippen molar-refractivity contribution in [1.82, 2.24) is 19.9 Å². The van der Waals surface area contributed by atoms with E-state index < -0.39 is 5.60 Å². The van der Waals surface area contributed by atoms with Crippen LogP contribution in [-0.4, -0.2) is 36.4 Å². The third kappa shape index (κ3) is 2.33. The molecule has 0 fully saturated rings. The lowest BCUT2D eigenvalue weighted by atomic mass is 10.1. The molecule has 0 spiro atoms. The molecule has 0 aromatic carbocycles. The summed E-state index contributed by atoms with van der Waals surface area (Å²) in [6.07, 6.45) is 3.81. The van der Waals surface area contributed by atoms with Gasteiger partial charge in [0.2, 0.25) is 0 Å². The molecule has 0 aliphatic carbocycles. The van der Waals surface area contributed by atoms with E-state index in [9.17, 15) is 5.11 Å². The van der Waals surface area contributed by atoms with Crippen molar-refractivity contribution in [3.8, 4) is 0 Å². The molecule has 0 amide bonds. The van der Waals surface area contributed by atoms with E-state index in [1.54, 1.807) is 6.33 Å². The largest absolute Gasteiger partial charge is 0.389 e. The molecule has 6 heteroatoms. The van der Waals surface area contributed by atoms with Gasteiger partial charge in [-0.2, -0.15) is 0 Å². The molecule has 2 aromatic heterocycles. The predicted molar refractivity (Wildman–Crippen MR) is 63.3 cm³/mol. The fraction of sp³-hybridized carbons (Fsp3) is 0.500. The zero-order chi connectivity index (χ0) is 11.6. The number of hydrogen-bond donors (Lipinski definition) is 2. The quantitative estimate of drug-likeness (QED) is 0.625. The lowest BCUT2D eigenvalue weighted by Gasteiger charge is -2.19. The lowest BCUT2D eigenvalue weighted by molar-refractivity contribution is 0.0816. The van der Waals surface area contributed by atoms with Crippen molar-refractivity contribution in [3.05, 3.63) is 12.7 Å². The smallest absolute Gasteiger partial charge is 0.181 e. The molecule has 2 heterocycles. The van der Waals surface area contributed by atoms with Gasteiger partial charge in [0.15, 0.2) is 5.65 Å². The monoisotopic (exact) mass is 238 g/mol. The van der Waals surface area contributed by atoms with E-state index in [1.165, 1.54) is 18.1 Å². The molecule has 0 bridgehead atoms. The highest BCUT2D eigenvalue weighted by atomic mass is 32.2. The Bertz CT molecular complexity index is 482. The molecule has 2 N–H and O–H groups in total. The molecular formula is C10H14N4OS. The van der Waals surface area contributed by atoms with Crippen molar-refractivity contribution in [2.45, 2.75) is 30.9 Å². The number of aliphatic hydroxyl groups is 1. The standard InChI is InChI=1S/C10H14N4OS/c1-3-10(2,15)4-16-9-7-8(12-5-11-7)13-6-14-9/h5-6,15H,3-4H2,1-2H3,(H,11,12,13,14). The van der Waals surface area contributed by atoms with Crippen molar-refractivity contribution in [3.63, 3.8) is 0 Å². The van der Waals surface area contributed by atoms with E-state index in [0.29, 0.717) is 11.4 Å². The summed E-state index contributed by atoms with van der Waals surface area (Å²) in [5.74, 6) is 0.606. The van der Waals surface area contributed by atoms with Crippen LogP contribution in [0.5, 0.6) is 0 Å². The highest BCUT2D eigenvalue weighted by Gasteiger charge is 2.19. The third-order valence-corrected chi connectivity index (χ3v) is 3.82. The molecule has 2 rings (SSSR count). The number of aromatic amines is 1. The summed E-state index contributed by atoms with van der Waals surface area (Å²) >= 11 is 1.51. The van der Waals surface area contributed by atoms with Gasteiger partial charge in [-0.25, -0.2) is 15.0 Å². The molecule has 1 atom stereocenters. The SMILES string of the molecule is CCC(C)(O)CSc1ncnc2nc[nH]c12. The molecule has 0 saturated heterocycles. The second-order valence-corrected chi connectivity index (χ2v) is 4.88. The Kier molecular flexibility index (Phi) is 3.11. The Morgan fingerprint density at radius 3 is 3.00 bits per heavy atom. The fourth-order valence-corrected chi connectivity index (χ4v) is 2.25. The molecule has 0 saturated carbocycles. The average molecular weight is 238 g/mol. The van der Waals surface area contributed by atoms with Crippen LogP contribution in [0.2, 0.25) is 0 Å². The lowest BCUT2D eigenvalue weighted by Crippen LogP contribution is -2.25. The van der Waals surface area contributed by atoms with E-state index in [2.05, 4.69) is 19.9 Å². The number of imidazole rings is 1. The third-order valence-electron chi connectivity index (χ3n) is 2.47. The molecule has 2 aromatic rings. The molecular weight excluding hydrogens is 224 g/mol. The second kappa shape index (κ2) is 4.39. The minimum absolute atomic E-state index is 0.606. The van der Waals surface area contributed by atoms with E-state index in [-0.39, 0.29) is 0 Å². The number of hydrogen-bond acceptors (Lipinski definition) is 5. The Labute approximate surface area is 97.7 Å². The topological polar surface area (TPSA) is 74.7 Å². The van der Waals surface area contributed by atoms with Gasteiger partial charge >= 0.3 is 0 Å². The molecule has 0 radical (unpaired) electrons. The van der Waals surface area contributed by atoms with E-state index in [0.717, 1.165) is 17.0 Å². The Morgan fingerprint density at radius 2 is 2.25 bits per heavy atom. The van der Waals surface area contributed by atoms with Crippen LogP contribution >= 0.6 is 11.8 Å². The number of thioether (sulfide) groups is 1. The number of H-pyrrole nitrogens is 1. The summed E-state index contributed by atoms with van der Waals surface area (Å²) < 4.78 is 0.